The lowest BCUT2D eigenvalue weighted by molar-refractivity contribution is 0.0690. The molecule has 0 saturated carbocycles. The topological polar surface area (TPSA) is 68.0 Å². The van der Waals surface area contributed by atoms with Gasteiger partial charge in [-0.3, -0.25) is 4.68 Å². The molecule has 0 bridgehead atoms. The third-order valence-electron chi connectivity index (χ3n) is 3.18. The van der Waals surface area contributed by atoms with Crippen LogP contribution in [-0.2, 0) is 19.9 Å². The Balaban J connectivity index is 2.54. The largest absolute Gasteiger partial charge is 0.477 e. The lowest BCUT2D eigenvalue weighted by Crippen LogP contribution is -2.00. The number of hydrogen-bond donors (Lipinski definition) is 1. The Morgan fingerprint density at radius 3 is 2.53 bits per heavy atom. The van der Waals surface area contributed by atoms with Gasteiger partial charge in [-0.2, -0.15) is 5.10 Å². The Kier molecular flexibility index (Phi) is 3.64. The van der Waals surface area contributed by atoms with Crippen molar-refractivity contribution in [2.45, 2.75) is 26.7 Å². The molecule has 0 atom stereocenters. The summed E-state index contributed by atoms with van der Waals surface area (Å²) in [4.78, 5) is 14.8. The molecule has 2 rings (SSSR count). The number of aryl methyl sites for hydroxylation is 2. The van der Waals surface area contributed by atoms with E-state index in [2.05, 4.69) is 23.9 Å². The molecule has 5 nitrogen and oxygen atoms in total. The maximum Gasteiger partial charge on any atom is 0.354 e. The van der Waals surface area contributed by atoms with E-state index in [1.807, 2.05) is 11.7 Å². The van der Waals surface area contributed by atoms with Crippen LogP contribution in [0.2, 0.25) is 0 Å². The Morgan fingerprint density at radius 1 is 1.32 bits per heavy atom. The maximum atomic E-state index is 10.8. The van der Waals surface area contributed by atoms with Crippen LogP contribution in [0.15, 0.2) is 18.3 Å². The zero-order valence-corrected chi connectivity index (χ0v) is 11.3. The van der Waals surface area contributed by atoms with Crippen molar-refractivity contribution in [3.63, 3.8) is 0 Å². The van der Waals surface area contributed by atoms with Crippen molar-refractivity contribution in [3.8, 4) is 11.1 Å². The van der Waals surface area contributed by atoms with Crippen molar-refractivity contribution in [2.24, 2.45) is 7.05 Å². The first-order chi connectivity index (χ1) is 9.08. The zero-order valence-electron chi connectivity index (χ0n) is 11.3. The predicted molar refractivity (Wildman–Crippen MR) is 72.2 cm³/mol. The van der Waals surface area contributed by atoms with Crippen molar-refractivity contribution in [1.82, 2.24) is 14.8 Å². The Morgan fingerprint density at radius 2 is 2.05 bits per heavy atom. The molecule has 0 saturated heterocycles. The van der Waals surface area contributed by atoms with Crippen LogP contribution in [0.5, 0.6) is 0 Å². The summed E-state index contributed by atoms with van der Waals surface area (Å²) in [6, 6.07) is 3.33. The van der Waals surface area contributed by atoms with Crippen molar-refractivity contribution < 1.29 is 9.90 Å². The summed E-state index contributed by atoms with van der Waals surface area (Å²) in [5.41, 5.74) is 4.22. The zero-order chi connectivity index (χ0) is 14.0. The van der Waals surface area contributed by atoms with Crippen LogP contribution >= 0.6 is 0 Å². The van der Waals surface area contributed by atoms with Crippen LogP contribution in [0.3, 0.4) is 0 Å². The van der Waals surface area contributed by atoms with E-state index in [-0.39, 0.29) is 5.69 Å². The molecule has 0 aliphatic rings. The van der Waals surface area contributed by atoms with E-state index < -0.39 is 5.97 Å². The summed E-state index contributed by atoms with van der Waals surface area (Å²) < 4.78 is 1.89. The van der Waals surface area contributed by atoms with E-state index in [4.69, 9.17) is 5.11 Å². The number of carboxylic acids is 1. The van der Waals surface area contributed by atoms with Gasteiger partial charge in [0.05, 0.1) is 5.69 Å². The highest BCUT2D eigenvalue weighted by atomic mass is 16.4. The van der Waals surface area contributed by atoms with Gasteiger partial charge >= 0.3 is 5.97 Å². The highest BCUT2D eigenvalue weighted by Crippen LogP contribution is 2.27. The number of nitrogens with zero attached hydrogens (tertiary/aromatic N) is 3. The van der Waals surface area contributed by atoms with Gasteiger partial charge in [-0.25, -0.2) is 9.78 Å². The standard InChI is InChI=1S/C14H17N3O2/c1-4-10-13(12(5-2)17(3)16-10)9-6-7-11(14(18)19)15-8-9/h6-8H,4-5H2,1-3H3,(H,18,19). The summed E-state index contributed by atoms with van der Waals surface area (Å²) in [5.74, 6) is -1.01. The molecular weight excluding hydrogens is 242 g/mol. The second kappa shape index (κ2) is 5.22. The summed E-state index contributed by atoms with van der Waals surface area (Å²) in [6.45, 7) is 4.14. The first-order valence-electron chi connectivity index (χ1n) is 6.32. The summed E-state index contributed by atoms with van der Waals surface area (Å²) in [6.07, 6.45) is 3.32. The van der Waals surface area contributed by atoms with Gasteiger partial charge in [-0.05, 0) is 18.9 Å². The fourth-order valence-electron chi connectivity index (χ4n) is 2.27. The number of carboxylic acid groups (broad SMARTS) is 1. The van der Waals surface area contributed by atoms with E-state index in [0.29, 0.717) is 0 Å². The van der Waals surface area contributed by atoms with Gasteiger partial charge < -0.3 is 5.11 Å². The molecule has 5 heteroatoms. The van der Waals surface area contributed by atoms with Crippen LogP contribution < -0.4 is 0 Å². The van der Waals surface area contributed by atoms with Crippen molar-refractivity contribution in [1.29, 1.82) is 0 Å². The highest BCUT2D eigenvalue weighted by molar-refractivity contribution is 5.85. The first kappa shape index (κ1) is 13.3. The molecule has 2 aromatic heterocycles. The summed E-state index contributed by atoms with van der Waals surface area (Å²) in [7, 11) is 1.93. The molecule has 0 spiro atoms. The van der Waals surface area contributed by atoms with Crippen LogP contribution in [0.25, 0.3) is 11.1 Å². The number of hydrogen-bond acceptors (Lipinski definition) is 3. The van der Waals surface area contributed by atoms with Crippen LogP contribution in [0.1, 0.15) is 35.7 Å². The highest BCUT2D eigenvalue weighted by Gasteiger charge is 2.16. The first-order valence-corrected chi connectivity index (χ1v) is 6.32. The summed E-state index contributed by atoms with van der Waals surface area (Å²) >= 11 is 0. The minimum absolute atomic E-state index is 0.0590. The summed E-state index contributed by atoms with van der Waals surface area (Å²) in [5, 5.41) is 13.4. The van der Waals surface area contributed by atoms with Gasteiger partial charge in [-0.15, -0.1) is 0 Å². The molecule has 0 aliphatic carbocycles. The monoisotopic (exact) mass is 259 g/mol. The smallest absolute Gasteiger partial charge is 0.354 e. The molecule has 100 valence electrons. The predicted octanol–water partition coefficient (Wildman–Crippen LogP) is 2.31. The molecule has 0 radical (unpaired) electrons. The van der Waals surface area contributed by atoms with E-state index in [0.717, 1.165) is 35.4 Å². The second-order valence-corrected chi connectivity index (χ2v) is 4.34. The lowest BCUT2D eigenvalue weighted by atomic mass is 10.0. The Labute approximate surface area is 111 Å². The normalized spacial score (nSPS) is 10.7. The van der Waals surface area contributed by atoms with E-state index in [9.17, 15) is 4.79 Å². The number of rotatable bonds is 4. The Hall–Kier alpha value is -2.17. The Bertz CT molecular complexity index is 600. The number of carbonyl (C=O) groups is 1. The molecule has 1 N–H and O–H groups in total. The fraction of sp³-hybridized carbons (Fsp3) is 0.357. The fourth-order valence-corrected chi connectivity index (χ4v) is 2.27. The van der Waals surface area contributed by atoms with Crippen molar-refractivity contribution >= 4 is 5.97 Å². The average Bonchev–Trinajstić information content (AvgIpc) is 2.74. The van der Waals surface area contributed by atoms with Crippen molar-refractivity contribution in [2.75, 3.05) is 0 Å². The molecule has 2 heterocycles. The van der Waals surface area contributed by atoms with Gasteiger partial charge in [0.1, 0.15) is 5.69 Å². The molecule has 0 amide bonds. The molecule has 0 unspecified atom stereocenters. The molecule has 19 heavy (non-hydrogen) atoms. The van der Waals surface area contributed by atoms with Gasteiger partial charge in [0.15, 0.2) is 0 Å². The van der Waals surface area contributed by atoms with E-state index in [1.54, 1.807) is 12.3 Å². The van der Waals surface area contributed by atoms with Gasteiger partial charge in [0, 0.05) is 30.1 Å². The minimum atomic E-state index is -1.01. The number of pyridine rings is 1. The maximum absolute atomic E-state index is 10.8. The van der Waals surface area contributed by atoms with Gasteiger partial charge in [0.2, 0.25) is 0 Å². The number of aromatic nitrogens is 3. The number of aromatic carboxylic acids is 1. The van der Waals surface area contributed by atoms with Crippen LogP contribution in [-0.4, -0.2) is 25.8 Å². The SMILES string of the molecule is CCc1nn(C)c(CC)c1-c1ccc(C(=O)O)nc1. The average molecular weight is 259 g/mol. The molecular formula is C14H17N3O2. The van der Waals surface area contributed by atoms with Gasteiger partial charge in [0.25, 0.3) is 0 Å². The third-order valence-corrected chi connectivity index (χ3v) is 3.18. The van der Waals surface area contributed by atoms with Crippen LogP contribution in [0.4, 0.5) is 0 Å². The second-order valence-electron chi connectivity index (χ2n) is 4.34. The molecule has 0 aliphatic heterocycles. The lowest BCUT2D eigenvalue weighted by Gasteiger charge is -2.05. The molecule has 0 fully saturated rings. The van der Waals surface area contributed by atoms with E-state index >= 15 is 0 Å². The van der Waals surface area contributed by atoms with Gasteiger partial charge in [-0.1, -0.05) is 19.9 Å². The molecule has 2 aromatic rings. The quantitative estimate of drug-likeness (QED) is 0.914. The molecule has 0 aromatic carbocycles. The third kappa shape index (κ3) is 2.36. The van der Waals surface area contributed by atoms with Crippen LogP contribution in [0, 0.1) is 0 Å². The minimum Gasteiger partial charge on any atom is -0.477 e. The van der Waals surface area contributed by atoms with E-state index in [1.165, 1.54) is 6.07 Å². The van der Waals surface area contributed by atoms with Crippen molar-refractivity contribution in [3.05, 3.63) is 35.4 Å².